The van der Waals surface area contributed by atoms with Crippen molar-refractivity contribution in [1.29, 1.82) is 5.26 Å². The van der Waals surface area contributed by atoms with Crippen LogP contribution in [-0.2, 0) is 22.9 Å². The first kappa shape index (κ1) is 35.1. The van der Waals surface area contributed by atoms with Gasteiger partial charge in [0, 0.05) is 0 Å². The maximum absolute atomic E-state index is 9.03. The number of unbranched alkanes of at least 4 members (excludes halogenated alkanes) is 2. The van der Waals surface area contributed by atoms with Gasteiger partial charge in [-0.05, 0) is 113 Å². The van der Waals surface area contributed by atoms with Crippen LogP contribution in [-0.4, -0.2) is 42.3 Å². The highest BCUT2D eigenvalue weighted by Crippen LogP contribution is 2.29. The molecule has 0 radical (unpaired) electrons. The van der Waals surface area contributed by atoms with Gasteiger partial charge < -0.3 is 16.5 Å². The van der Waals surface area contributed by atoms with Crippen LogP contribution in [0.25, 0.3) is 11.1 Å². The quantitative estimate of drug-likeness (QED) is 0.136. The fraction of sp³-hybridized carbons (Fsp3) is 0.567. The summed E-state index contributed by atoms with van der Waals surface area (Å²) in [7, 11) is -10.9. The summed E-state index contributed by atoms with van der Waals surface area (Å²) < 4.78 is 27.1. The predicted molar refractivity (Wildman–Crippen MR) is 181 cm³/mol. The largest absolute Gasteiger partial charge is 0.436 e. The van der Waals surface area contributed by atoms with Crippen molar-refractivity contribution in [3.63, 3.8) is 0 Å². The van der Waals surface area contributed by atoms with E-state index in [9.17, 15) is 0 Å². The Labute approximate surface area is 250 Å². The van der Waals surface area contributed by atoms with Gasteiger partial charge in [-0.25, -0.2) is 0 Å². The monoisotopic (exact) mass is 631 g/mol. The first-order valence-electron chi connectivity index (χ1n) is 14.8. The molecule has 0 spiro atoms. The number of nitrogens with zero attached hydrogens (tertiary/aromatic N) is 1. The normalized spacial score (nSPS) is 13.3. The van der Waals surface area contributed by atoms with E-state index in [1.807, 2.05) is 24.3 Å². The summed E-state index contributed by atoms with van der Waals surface area (Å²) in [6, 6.07) is 20.9. The van der Waals surface area contributed by atoms with Gasteiger partial charge in [0.2, 0.25) is 0 Å². The van der Waals surface area contributed by atoms with Crippen molar-refractivity contribution in [2.45, 2.75) is 110 Å². The van der Waals surface area contributed by atoms with Crippen molar-refractivity contribution >= 4 is 42.3 Å². The highest BCUT2D eigenvalue weighted by molar-refractivity contribution is 6.90. The summed E-state index contributed by atoms with van der Waals surface area (Å²) in [4.78, 5) is 0. The molecule has 0 fully saturated rings. The minimum absolute atomic E-state index is 0.683. The number of hydrogen-bond acceptors (Lipinski definition) is 5. The molecule has 10 heteroatoms. The van der Waals surface area contributed by atoms with Gasteiger partial charge in [-0.1, -0.05) is 62.6 Å². The Balaban J connectivity index is 1.93. The highest BCUT2D eigenvalue weighted by Gasteiger charge is 2.45. The average Bonchev–Trinajstić information content (AvgIpc) is 2.80. The standard InChI is InChI=1S/C30H53NO4Si5/c1-12-13-14-24-36(2,3)32-38(6,7)34-40(10,11)35-39(8,9)33-37(4,5)25-23-27-15-19-29(20-16-27)30-21-17-28(26-31)18-22-30/h15-22H,12-14,23-25H2,1-11H3. The summed E-state index contributed by atoms with van der Waals surface area (Å²) in [5, 5.41) is 9.03. The molecule has 0 bridgehead atoms. The SMILES string of the molecule is CCCCC[Si](C)(C)O[Si](C)(C)O[Si](C)(C)O[Si](C)(C)O[Si](C)(C)CCc1ccc(-c2ccc(C#N)cc2)cc1. The van der Waals surface area contributed by atoms with Crippen molar-refractivity contribution in [3.8, 4) is 17.2 Å². The number of aryl methyl sites for hydroxylation is 1. The minimum atomic E-state index is -2.44. The molecule has 0 saturated carbocycles. The highest BCUT2D eigenvalue weighted by atomic mass is 28.5. The van der Waals surface area contributed by atoms with E-state index < -0.39 is 42.3 Å². The van der Waals surface area contributed by atoms with E-state index in [0.717, 1.165) is 23.6 Å². The lowest BCUT2D eigenvalue weighted by atomic mass is 10.0. The molecule has 0 aromatic heterocycles. The molecule has 2 aromatic carbocycles. The summed E-state index contributed by atoms with van der Waals surface area (Å²) in [5.74, 6) is 0. The van der Waals surface area contributed by atoms with Gasteiger partial charge in [0.25, 0.3) is 0 Å². The van der Waals surface area contributed by atoms with Gasteiger partial charge in [-0.2, -0.15) is 5.26 Å². The molecular weight excluding hydrogens is 579 g/mol. The lowest BCUT2D eigenvalue weighted by molar-refractivity contribution is 0.298. The lowest BCUT2D eigenvalue weighted by Gasteiger charge is -2.42. The summed E-state index contributed by atoms with van der Waals surface area (Å²) >= 11 is 0. The zero-order valence-corrected chi connectivity index (χ0v) is 31.9. The van der Waals surface area contributed by atoms with Gasteiger partial charge in [0.1, 0.15) is 0 Å². The first-order valence-corrected chi connectivity index (χ1v) is 29.4. The number of rotatable bonds is 16. The molecule has 0 unspecified atom stereocenters. The van der Waals surface area contributed by atoms with Crippen molar-refractivity contribution in [3.05, 3.63) is 59.7 Å². The van der Waals surface area contributed by atoms with Crippen molar-refractivity contribution in [2.75, 3.05) is 0 Å². The molecule has 2 rings (SSSR count). The maximum Gasteiger partial charge on any atom is 0.314 e. The zero-order chi connectivity index (χ0) is 30.2. The second-order valence-electron chi connectivity index (χ2n) is 13.5. The van der Waals surface area contributed by atoms with Crippen LogP contribution in [0.5, 0.6) is 0 Å². The number of hydrogen-bond donors (Lipinski definition) is 0. The van der Waals surface area contributed by atoms with Crippen LogP contribution in [0.4, 0.5) is 0 Å². The molecule has 0 aliphatic rings. The Morgan fingerprint density at radius 3 is 1.45 bits per heavy atom. The Hall–Kier alpha value is -1.15. The van der Waals surface area contributed by atoms with E-state index in [2.05, 4.69) is 103 Å². The Morgan fingerprint density at radius 1 is 0.575 bits per heavy atom. The molecule has 0 amide bonds. The molecule has 0 heterocycles. The summed E-state index contributed by atoms with van der Waals surface area (Å²) in [6.07, 6.45) is 4.74. The summed E-state index contributed by atoms with van der Waals surface area (Å²) in [5.41, 5.74) is 4.29. The van der Waals surface area contributed by atoms with E-state index in [4.69, 9.17) is 21.7 Å². The molecule has 40 heavy (non-hydrogen) atoms. The van der Waals surface area contributed by atoms with Gasteiger partial charge in [0.05, 0.1) is 11.6 Å². The van der Waals surface area contributed by atoms with E-state index in [0.29, 0.717) is 5.56 Å². The van der Waals surface area contributed by atoms with Crippen molar-refractivity contribution in [1.82, 2.24) is 0 Å². The molecule has 222 valence electrons. The van der Waals surface area contributed by atoms with Crippen LogP contribution in [0.15, 0.2) is 48.5 Å². The Kier molecular flexibility index (Phi) is 12.6. The number of nitriles is 1. The number of benzene rings is 2. The third-order valence-corrected chi connectivity index (χ3v) is 26.0. The van der Waals surface area contributed by atoms with Crippen molar-refractivity contribution < 1.29 is 16.5 Å². The second-order valence-corrected chi connectivity index (χ2v) is 33.2. The Bertz CT molecular complexity index is 1110. The molecule has 0 aliphatic carbocycles. The third-order valence-electron chi connectivity index (χ3n) is 6.73. The molecule has 0 saturated heterocycles. The average molecular weight is 632 g/mol. The molecule has 5 nitrogen and oxygen atoms in total. The van der Waals surface area contributed by atoms with Gasteiger partial charge in [0.15, 0.2) is 16.6 Å². The van der Waals surface area contributed by atoms with E-state index in [1.54, 1.807) is 0 Å². The van der Waals surface area contributed by atoms with Crippen LogP contribution in [0, 0.1) is 11.3 Å². The van der Waals surface area contributed by atoms with Crippen LogP contribution < -0.4 is 0 Å². The fourth-order valence-electron chi connectivity index (χ4n) is 5.53. The predicted octanol–water partition coefficient (Wildman–Crippen LogP) is 9.54. The molecule has 0 aliphatic heterocycles. The summed E-state index contributed by atoms with van der Waals surface area (Å²) in [6.45, 7) is 24.5. The van der Waals surface area contributed by atoms with Gasteiger partial charge in [-0.3, -0.25) is 0 Å². The first-order chi connectivity index (χ1) is 18.4. The zero-order valence-electron chi connectivity index (χ0n) is 26.9. The van der Waals surface area contributed by atoms with Crippen molar-refractivity contribution in [2.24, 2.45) is 0 Å². The fourth-order valence-corrected chi connectivity index (χ4v) is 30.1. The second kappa shape index (κ2) is 14.4. The van der Waals surface area contributed by atoms with Gasteiger partial charge >= 0.3 is 25.7 Å². The molecule has 0 N–H and O–H groups in total. The van der Waals surface area contributed by atoms with Crippen LogP contribution >= 0.6 is 0 Å². The van der Waals surface area contributed by atoms with Crippen LogP contribution in [0.1, 0.15) is 37.3 Å². The molecule has 0 atom stereocenters. The Morgan fingerprint density at radius 2 is 1.00 bits per heavy atom. The minimum Gasteiger partial charge on any atom is -0.436 e. The lowest BCUT2D eigenvalue weighted by Crippen LogP contribution is -2.58. The van der Waals surface area contributed by atoms with Gasteiger partial charge in [-0.15, -0.1) is 0 Å². The van der Waals surface area contributed by atoms with E-state index in [1.165, 1.54) is 30.9 Å². The van der Waals surface area contributed by atoms with Crippen LogP contribution in [0.2, 0.25) is 77.6 Å². The van der Waals surface area contributed by atoms with Crippen LogP contribution in [0.3, 0.4) is 0 Å². The topological polar surface area (TPSA) is 60.7 Å². The molecule has 2 aromatic rings. The van der Waals surface area contributed by atoms with E-state index in [-0.39, 0.29) is 0 Å². The maximum atomic E-state index is 9.03. The smallest absolute Gasteiger partial charge is 0.314 e. The molecular formula is C30H53NO4Si5. The third kappa shape index (κ3) is 12.8. The van der Waals surface area contributed by atoms with E-state index >= 15 is 0 Å².